The monoisotopic (exact) mass is 293 g/mol. The van der Waals surface area contributed by atoms with Gasteiger partial charge in [0.1, 0.15) is 0 Å². The molecule has 5 heteroatoms. The summed E-state index contributed by atoms with van der Waals surface area (Å²) in [5.41, 5.74) is 2.23. The van der Waals surface area contributed by atoms with Crippen molar-refractivity contribution < 1.29 is 4.92 Å². The Labute approximate surface area is 127 Å². The lowest BCUT2D eigenvalue weighted by Gasteiger charge is -2.25. The lowest BCUT2D eigenvalue weighted by Crippen LogP contribution is -2.30. The third-order valence-electron chi connectivity index (χ3n) is 4.14. The largest absolute Gasteiger partial charge is 0.311 e. The Morgan fingerprint density at radius 1 is 1.24 bits per heavy atom. The molecule has 5 nitrogen and oxygen atoms in total. The third kappa shape index (κ3) is 4.49. The number of pyridine rings is 1. The summed E-state index contributed by atoms with van der Waals surface area (Å²) >= 11 is 0. The van der Waals surface area contributed by atoms with Crippen LogP contribution >= 0.6 is 0 Å². The summed E-state index contributed by atoms with van der Waals surface area (Å²) in [6, 6.07) is 0. The van der Waals surface area contributed by atoms with E-state index < -0.39 is 0 Å². The summed E-state index contributed by atoms with van der Waals surface area (Å²) in [6.45, 7) is 13.9. The molecular formula is C16H27N3O2. The average molecular weight is 293 g/mol. The molecule has 21 heavy (non-hydrogen) atoms. The van der Waals surface area contributed by atoms with Gasteiger partial charge in [0.25, 0.3) is 5.69 Å². The second-order valence-corrected chi connectivity index (χ2v) is 6.40. The van der Waals surface area contributed by atoms with E-state index in [0.29, 0.717) is 35.4 Å². The highest BCUT2D eigenvalue weighted by molar-refractivity contribution is 5.47. The average Bonchev–Trinajstić information content (AvgIpc) is 2.35. The van der Waals surface area contributed by atoms with Crippen LogP contribution in [0.15, 0.2) is 6.20 Å². The molecule has 0 bridgehead atoms. The molecule has 0 aliphatic heterocycles. The van der Waals surface area contributed by atoms with Crippen molar-refractivity contribution in [3.63, 3.8) is 0 Å². The maximum absolute atomic E-state index is 11.1. The van der Waals surface area contributed by atoms with Crippen LogP contribution in [0.25, 0.3) is 0 Å². The summed E-state index contributed by atoms with van der Waals surface area (Å²) < 4.78 is 0. The highest BCUT2D eigenvalue weighted by Crippen LogP contribution is 2.24. The van der Waals surface area contributed by atoms with Crippen LogP contribution in [0, 0.1) is 41.7 Å². The minimum Gasteiger partial charge on any atom is -0.311 e. The minimum atomic E-state index is -0.319. The number of nitro groups is 1. The van der Waals surface area contributed by atoms with E-state index in [4.69, 9.17) is 0 Å². The van der Waals surface area contributed by atoms with Gasteiger partial charge in [-0.15, -0.1) is 0 Å². The first-order chi connectivity index (χ1) is 9.75. The van der Waals surface area contributed by atoms with Crippen molar-refractivity contribution in [2.45, 2.75) is 48.1 Å². The zero-order valence-corrected chi connectivity index (χ0v) is 13.9. The molecule has 118 valence electrons. The van der Waals surface area contributed by atoms with E-state index in [1.807, 2.05) is 0 Å². The number of rotatable bonds is 7. The first-order valence-corrected chi connectivity index (χ1v) is 7.55. The quantitative estimate of drug-likeness (QED) is 0.616. The van der Waals surface area contributed by atoms with Gasteiger partial charge in [0.2, 0.25) is 0 Å². The van der Waals surface area contributed by atoms with E-state index >= 15 is 0 Å². The summed E-state index contributed by atoms with van der Waals surface area (Å²) in [5, 5.41) is 14.5. The van der Waals surface area contributed by atoms with Crippen molar-refractivity contribution >= 4 is 5.69 Å². The van der Waals surface area contributed by atoms with Crippen molar-refractivity contribution in [3.05, 3.63) is 33.1 Å². The van der Waals surface area contributed by atoms with Gasteiger partial charge >= 0.3 is 0 Å². The Morgan fingerprint density at radius 3 is 2.29 bits per heavy atom. The number of aryl methyl sites for hydroxylation is 1. The number of hydrogen-bond donors (Lipinski definition) is 1. The fourth-order valence-corrected chi connectivity index (χ4v) is 2.82. The maximum Gasteiger partial charge on any atom is 0.278 e. The molecule has 0 unspecified atom stereocenters. The zero-order chi connectivity index (χ0) is 16.2. The van der Waals surface area contributed by atoms with Gasteiger partial charge in [0, 0.05) is 23.9 Å². The molecule has 1 aromatic heterocycles. The van der Waals surface area contributed by atoms with Gasteiger partial charge in [0.15, 0.2) is 0 Å². The van der Waals surface area contributed by atoms with E-state index in [0.717, 1.165) is 12.2 Å². The fourth-order valence-electron chi connectivity index (χ4n) is 2.82. The van der Waals surface area contributed by atoms with Crippen LogP contribution in [0.2, 0.25) is 0 Å². The van der Waals surface area contributed by atoms with Crippen molar-refractivity contribution in [1.29, 1.82) is 0 Å². The highest BCUT2D eigenvalue weighted by Gasteiger charge is 2.20. The molecule has 0 aromatic carbocycles. The number of aromatic nitrogens is 1. The van der Waals surface area contributed by atoms with Gasteiger partial charge in [0.05, 0.1) is 10.6 Å². The number of nitrogens with zero attached hydrogens (tertiary/aromatic N) is 2. The topological polar surface area (TPSA) is 68.1 Å². The van der Waals surface area contributed by atoms with E-state index in [2.05, 4.69) is 38.0 Å². The Kier molecular flexibility index (Phi) is 6.27. The lowest BCUT2D eigenvalue weighted by molar-refractivity contribution is -0.386. The first kappa shape index (κ1) is 17.6. The molecule has 1 rings (SSSR count). The summed E-state index contributed by atoms with van der Waals surface area (Å²) in [4.78, 5) is 15.1. The zero-order valence-electron chi connectivity index (χ0n) is 13.9. The lowest BCUT2D eigenvalue weighted by atomic mass is 9.85. The van der Waals surface area contributed by atoms with Crippen LogP contribution in [0.4, 0.5) is 5.69 Å². The molecule has 0 aliphatic carbocycles. The molecular weight excluding hydrogens is 266 g/mol. The number of nitrogens with one attached hydrogen (secondary N) is 1. The predicted molar refractivity (Wildman–Crippen MR) is 85.2 cm³/mol. The number of hydrogen-bond acceptors (Lipinski definition) is 4. The van der Waals surface area contributed by atoms with Crippen LogP contribution in [0.3, 0.4) is 0 Å². The Hall–Kier alpha value is -1.49. The molecule has 1 aromatic rings. The summed E-state index contributed by atoms with van der Waals surface area (Å²) in [6.07, 6.45) is 1.59. The van der Waals surface area contributed by atoms with Gasteiger partial charge in [-0.3, -0.25) is 15.1 Å². The second-order valence-electron chi connectivity index (χ2n) is 6.40. The third-order valence-corrected chi connectivity index (χ3v) is 4.14. The Balaban J connectivity index is 2.77. The van der Waals surface area contributed by atoms with Crippen molar-refractivity contribution in [3.8, 4) is 0 Å². The van der Waals surface area contributed by atoms with Crippen LogP contribution in [0.5, 0.6) is 0 Å². The molecule has 1 N–H and O–H groups in total. The van der Waals surface area contributed by atoms with E-state index in [9.17, 15) is 10.1 Å². The van der Waals surface area contributed by atoms with Gasteiger partial charge in [-0.2, -0.15) is 0 Å². The van der Waals surface area contributed by atoms with Crippen molar-refractivity contribution in [2.24, 2.45) is 17.8 Å². The van der Waals surface area contributed by atoms with Gasteiger partial charge in [-0.05, 0) is 38.1 Å². The van der Waals surface area contributed by atoms with E-state index in [1.165, 1.54) is 0 Å². The second kappa shape index (κ2) is 7.50. The van der Waals surface area contributed by atoms with Crippen LogP contribution in [-0.2, 0) is 6.54 Å². The molecule has 0 aliphatic rings. The fraction of sp³-hybridized carbons (Fsp3) is 0.688. The van der Waals surface area contributed by atoms with Crippen LogP contribution < -0.4 is 5.32 Å². The normalized spacial score (nSPS) is 11.7. The van der Waals surface area contributed by atoms with Gasteiger partial charge in [-0.1, -0.05) is 27.7 Å². The maximum atomic E-state index is 11.1. The standard InChI is InChI=1S/C16H27N3O2/c1-10(2)14(11(3)4)8-17-9-15-13(6)16(19(20)21)12(5)7-18-15/h7,10-11,14,17H,8-9H2,1-6H3. The summed E-state index contributed by atoms with van der Waals surface area (Å²) in [7, 11) is 0. The summed E-state index contributed by atoms with van der Waals surface area (Å²) in [5.74, 6) is 1.81. The predicted octanol–water partition coefficient (Wildman–Crippen LogP) is 3.62. The van der Waals surface area contributed by atoms with Crippen LogP contribution in [-0.4, -0.2) is 16.5 Å². The molecule has 0 amide bonds. The SMILES string of the molecule is Cc1cnc(CNCC(C(C)C)C(C)C)c(C)c1[N+](=O)[O-]. The Morgan fingerprint density at radius 2 is 1.81 bits per heavy atom. The molecule has 0 atom stereocenters. The first-order valence-electron chi connectivity index (χ1n) is 7.55. The highest BCUT2D eigenvalue weighted by atomic mass is 16.6. The van der Waals surface area contributed by atoms with E-state index in [1.54, 1.807) is 20.0 Å². The molecule has 0 fully saturated rings. The van der Waals surface area contributed by atoms with Gasteiger partial charge in [-0.25, -0.2) is 0 Å². The molecule has 0 spiro atoms. The van der Waals surface area contributed by atoms with Crippen molar-refractivity contribution in [1.82, 2.24) is 10.3 Å². The Bertz CT molecular complexity index is 491. The van der Waals surface area contributed by atoms with E-state index in [-0.39, 0.29) is 10.6 Å². The molecule has 0 saturated carbocycles. The minimum absolute atomic E-state index is 0.186. The smallest absolute Gasteiger partial charge is 0.278 e. The molecule has 0 saturated heterocycles. The van der Waals surface area contributed by atoms with Gasteiger partial charge < -0.3 is 5.32 Å². The van der Waals surface area contributed by atoms with Crippen molar-refractivity contribution in [2.75, 3.05) is 6.54 Å². The molecule has 0 radical (unpaired) electrons. The van der Waals surface area contributed by atoms with Crippen LogP contribution in [0.1, 0.15) is 44.5 Å². The molecule has 1 heterocycles.